The lowest BCUT2D eigenvalue weighted by Crippen LogP contribution is -2.44. The van der Waals surface area contributed by atoms with Crippen molar-refractivity contribution in [2.45, 2.75) is 18.9 Å². The average molecular weight is 375 g/mol. The van der Waals surface area contributed by atoms with Crippen LogP contribution in [-0.4, -0.2) is 58.9 Å². The number of rotatable bonds is 4. The summed E-state index contributed by atoms with van der Waals surface area (Å²) in [6.07, 6.45) is 3.58. The number of likely N-dealkylation sites (tertiary alicyclic amines) is 1. The number of piperidine rings is 1. The van der Waals surface area contributed by atoms with E-state index in [-0.39, 0.29) is 5.91 Å². The van der Waals surface area contributed by atoms with Crippen molar-refractivity contribution in [3.63, 3.8) is 0 Å². The predicted octanol–water partition coefficient (Wildman–Crippen LogP) is 3.54. The molecule has 0 unspecified atom stereocenters. The first kappa shape index (κ1) is 18.4. The van der Waals surface area contributed by atoms with Gasteiger partial charge in [0.15, 0.2) is 0 Å². The second-order valence-corrected chi connectivity index (χ2v) is 7.40. The molecule has 0 atom stereocenters. The van der Waals surface area contributed by atoms with E-state index in [1.54, 1.807) is 6.33 Å². The van der Waals surface area contributed by atoms with Crippen molar-refractivity contribution in [2.75, 3.05) is 32.5 Å². The Hall–Kier alpha value is -2.99. The molecule has 1 aliphatic rings. The van der Waals surface area contributed by atoms with Gasteiger partial charge in [0.05, 0.1) is 5.52 Å². The van der Waals surface area contributed by atoms with Crippen molar-refractivity contribution in [1.29, 1.82) is 0 Å². The number of fused-ring (bicyclic) bond motifs is 1. The lowest BCUT2D eigenvalue weighted by Gasteiger charge is -2.35. The second kappa shape index (κ2) is 7.94. The molecule has 0 radical (unpaired) electrons. The number of carbonyl (C=O) groups excluding carboxylic acids is 1. The first-order valence-corrected chi connectivity index (χ1v) is 9.64. The fraction of sp³-hybridized carbons (Fsp3) is 0.318. The van der Waals surface area contributed by atoms with Crippen LogP contribution in [0.3, 0.4) is 0 Å². The zero-order chi connectivity index (χ0) is 19.5. The summed E-state index contributed by atoms with van der Waals surface area (Å²) in [6, 6.07) is 15.8. The van der Waals surface area contributed by atoms with Crippen molar-refractivity contribution in [3.05, 3.63) is 60.4 Å². The number of amides is 1. The van der Waals surface area contributed by atoms with E-state index in [0.29, 0.717) is 11.6 Å². The van der Waals surface area contributed by atoms with Crippen LogP contribution < -0.4 is 5.32 Å². The number of carbonyl (C=O) groups is 1. The minimum Gasteiger partial charge on any atom is -0.340 e. The van der Waals surface area contributed by atoms with Crippen LogP contribution in [-0.2, 0) is 0 Å². The smallest absolute Gasteiger partial charge is 0.253 e. The van der Waals surface area contributed by atoms with Crippen molar-refractivity contribution in [3.8, 4) is 0 Å². The van der Waals surface area contributed by atoms with E-state index >= 15 is 0 Å². The van der Waals surface area contributed by atoms with Crippen LogP contribution in [0.15, 0.2) is 54.9 Å². The number of aromatic nitrogens is 2. The molecule has 6 heteroatoms. The van der Waals surface area contributed by atoms with Crippen LogP contribution in [0, 0.1) is 0 Å². The average Bonchev–Trinajstić information content (AvgIpc) is 2.74. The summed E-state index contributed by atoms with van der Waals surface area (Å²) in [6.45, 7) is 2.06. The fourth-order valence-corrected chi connectivity index (χ4v) is 3.72. The van der Waals surface area contributed by atoms with Gasteiger partial charge in [-0.25, -0.2) is 9.97 Å². The molecule has 1 fully saturated rings. The maximum absolute atomic E-state index is 13.0. The van der Waals surface area contributed by atoms with Crippen molar-refractivity contribution < 1.29 is 4.79 Å². The molecule has 0 bridgehead atoms. The summed E-state index contributed by atoms with van der Waals surface area (Å²) < 4.78 is 0. The van der Waals surface area contributed by atoms with Gasteiger partial charge in [0.2, 0.25) is 0 Å². The molecule has 3 aromatic rings. The third-order valence-corrected chi connectivity index (χ3v) is 5.47. The van der Waals surface area contributed by atoms with Gasteiger partial charge in [-0.1, -0.05) is 18.2 Å². The van der Waals surface area contributed by atoms with E-state index in [1.165, 1.54) is 0 Å². The number of anilines is 2. The number of nitrogens with zero attached hydrogens (tertiary/aromatic N) is 4. The Balaban J connectivity index is 1.53. The number of nitrogens with one attached hydrogen (secondary N) is 1. The van der Waals surface area contributed by atoms with Crippen LogP contribution in [0.4, 0.5) is 11.5 Å². The molecule has 6 nitrogen and oxygen atoms in total. The molecule has 2 aromatic carbocycles. The molecule has 28 heavy (non-hydrogen) atoms. The first-order chi connectivity index (χ1) is 13.6. The predicted molar refractivity (Wildman–Crippen MR) is 112 cm³/mol. The Morgan fingerprint density at radius 2 is 1.89 bits per heavy atom. The van der Waals surface area contributed by atoms with Crippen LogP contribution in [0.1, 0.15) is 23.2 Å². The molecule has 144 valence electrons. The number of hydrogen-bond acceptors (Lipinski definition) is 5. The Morgan fingerprint density at radius 1 is 1.11 bits per heavy atom. The molecule has 1 N–H and O–H groups in total. The summed E-state index contributed by atoms with van der Waals surface area (Å²) in [5.74, 6) is 0.796. The molecule has 1 aromatic heterocycles. The molecular formula is C22H25N5O. The quantitative estimate of drug-likeness (QED) is 0.756. The van der Waals surface area contributed by atoms with Gasteiger partial charge < -0.3 is 15.1 Å². The molecule has 1 aliphatic heterocycles. The molecule has 1 amide bonds. The Labute approximate surface area is 165 Å². The van der Waals surface area contributed by atoms with E-state index in [0.717, 1.165) is 48.3 Å². The molecule has 0 saturated carbocycles. The first-order valence-electron chi connectivity index (χ1n) is 9.64. The third kappa shape index (κ3) is 3.82. The zero-order valence-electron chi connectivity index (χ0n) is 16.3. The standard InChI is InChI=1S/C22H25N5O/c1-26-12-10-18(11-13-26)27(2)22(28)16-6-5-7-17(14-16)25-21-19-8-3-4-9-20(19)23-15-24-21/h3-9,14-15,18H,10-13H2,1-2H3,(H,23,24,25). The van der Waals surface area contributed by atoms with Gasteiger partial charge >= 0.3 is 0 Å². The van der Waals surface area contributed by atoms with Crippen LogP contribution in [0.25, 0.3) is 10.9 Å². The van der Waals surface area contributed by atoms with Gasteiger partial charge in [-0.3, -0.25) is 4.79 Å². The molecule has 0 aliphatic carbocycles. The summed E-state index contributed by atoms with van der Waals surface area (Å²) in [5, 5.41) is 4.29. The van der Waals surface area contributed by atoms with E-state index in [2.05, 4.69) is 27.2 Å². The van der Waals surface area contributed by atoms with Gasteiger partial charge in [0.25, 0.3) is 5.91 Å². The number of benzene rings is 2. The van der Waals surface area contributed by atoms with Crippen LogP contribution in [0.5, 0.6) is 0 Å². The topological polar surface area (TPSA) is 61.4 Å². The van der Waals surface area contributed by atoms with Gasteiger partial charge in [-0.05, 0) is 63.3 Å². The highest BCUT2D eigenvalue weighted by molar-refractivity contribution is 5.96. The highest BCUT2D eigenvalue weighted by atomic mass is 16.2. The largest absolute Gasteiger partial charge is 0.340 e. The Bertz CT molecular complexity index is 976. The van der Waals surface area contributed by atoms with Crippen molar-refractivity contribution in [2.24, 2.45) is 0 Å². The summed E-state index contributed by atoms with van der Waals surface area (Å²) in [7, 11) is 4.04. The maximum Gasteiger partial charge on any atom is 0.253 e. The Kier molecular flexibility index (Phi) is 5.21. The zero-order valence-corrected chi connectivity index (χ0v) is 16.3. The highest BCUT2D eigenvalue weighted by Crippen LogP contribution is 2.24. The van der Waals surface area contributed by atoms with Gasteiger partial charge in [-0.2, -0.15) is 0 Å². The van der Waals surface area contributed by atoms with E-state index in [1.807, 2.05) is 60.5 Å². The van der Waals surface area contributed by atoms with Gasteiger partial charge in [0.1, 0.15) is 12.1 Å². The van der Waals surface area contributed by atoms with E-state index < -0.39 is 0 Å². The van der Waals surface area contributed by atoms with Crippen molar-refractivity contribution in [1.82, 2.24) is 19.8 Å². The summed E-state index contributed by atoms with van der Waals surface area (Å²) >= 11 is 0. The number of hydrogen-bond donors (Lipinski definition) is 1. The SMILES string of the molecule is CN1CCC(N(C)C(=O)c2cccc(Nc3ncnc4ccccc34)c2)CC1. The molecule has 2 heterocycles. The molecule has 0 spiro atoms. The molecule has 1 saturated heterocycles. The lowest BCUT2D eigenvalue weighted by atomic mass is 10.0. The normalized spacial score (nSPS) is 15.5. The van der Waals surface area contributed by atoms with Crippen molar-refractivity contribution >= 4 is 28.3 Å². The van der Waals surface area contributed by atoms with Gasteiger partial charge in [-0.15, -0.1) is 0 Å². The fourth-order valence-electron chi connectivity index (χ4n) is 3.72. The summed E-state index contributed by atoms with van der Waals surface area (Å²) in [5.41, 5.74) is 2.41. The Morgan fingerprint density at radius 3 is 2.71 bits per heavy atom. The summed E-state index contributed by atoms with van der Waals surface area (Å²) in [4.78, 5) is 25.9. The van der Waals surface area contributed by atoms with E-state index in [9.17, 15) is 4.79 Å². The maximum atomic E-state index is 13.0. The molecular weight excluding hydrogens is 350 g/mol. The van der Waals surface area contributed by atoms with Crippen LogP contribution in [0.2, 0.25) is 0 Å². The van der Waals surface area contributed by atoms with Gasteiger partial charge in [0, 0.05) is 29.7 Å². The third-order valence-electron chi connectivity index (χ3n) is 5.47. The van der Waals surface area contributed by atoms with Crippen LogP contribution >= 0.6 is 0 Å². The lowest BCUT2D eigenvalue weighted by molar-refractivity contribution is 0.0659. The monoisotopic (exact) mass is 375 g/mol. The van der Waals surface area contributed by atoms with E-state index in [4.69, 9.17) is 0 Å². The molecule has 4 rings (SSSR count). The minimum absolute atomic E-state index is 0.0609. The highest BCUT2D eigenvalue weighted by Gasteiger charge is 2.24. The second-order valence-electron chi connectivity index (χ2n) is 7.40. The minimum atomic E-state index is 0.0609. The number of para-hydroxylation sites is 1.